The molecule has 2 heterocycles. The zero-order chi connectivity index (χ0) is 21.8. The molecule has 0 amide bonds. The van der Waals surface area contributed by atoms with Crippen molar-refractivity contribution in [2.24, 2.45) is 0 Å². The number of carbonyl (C=O) groups is 1. The van der Waals surface area contributed by atoms with Crippen LogP contribution in [0.2, 0.25) is 0 Å². The van der Waals surface area contributed by atoms with Crippen molar-refractivity contribution >= 4 is 17.4 Å². The Kier molecular flexibility index (Phi) is 5.79. The number of fused-ring (bicyclic) bond motifs is 1. The van der Waals surface area contributed by atoms with E-state index >= 15 is 0 Å². The highest BCUT2D eigenvalue weighted by molar-refractivity contribution is 6.00. The van der Waals surface area contributed by atoms with Crippen LogP contribution in [0.15, 0.2) is 61.1 Å². The molecule has 7 nitrogen and oxygen atoms in total. The number of nitrogens with zero attached hydrogens (tertiary/aromatic N) is 3. The normalized spacial score (nSPS) is 10.8. The molecule has 31 heavy (non-hydrogen) atoms. The Morgan fingerprint density at radius 2 is 1.97 bits per heavy atom. The molecule has 1 N–H and O–H groups in total. The van der Waals surface area contributed by atoms with E-state index in [9.17, 15) is 9.18 Å². The molecule has 8 heteroatoms. The predicted molar refractivity (Wildman–Crippen MR) is 115 cm³/mol. The molecule has 0 atom stereocenters. The van der Waals surface area contributed by atoms with E-state index in [-0.39, 0.29) is 24.7 Å². The van der Waals surface area contributed by atoms with Crippen molar-refractivity contribution in [3.8, 4) is 16.9 Å². The second-order valence-corrected chi connectivity index (χ2v) is 6.70. The number of methoxy groups -OCH3 is 1. The van der Waals surface area contributed by atoms with Crippen molar-refractivity contribution in [3.63, 3.8) is 0 Å². The third-order valence-corrected chi connectivity index (χ3v) is 4.81. The van der Waals surface area contributed by atoms with Gasteiger partial charge in [0.15, 0.2) is 5.69 Å². The predicted octanol–water partition coefficient (Wildman–Crippen LogP) is 4.33. The van der Waals surface area contributed by atoms with Crippen LogP contribution in [0.25, 0.3) is 16.6 Å². The fourth-order valence-electron chi connectivity index (χ4n) is 3.31. The van der Waals surface area contributed by atoms with Crippen molar-refractivity contribution in [3.05, 3.63) is 78.1 Å². The standard InChI is InChI=1S/C23H21FN4O3/c1-3-31-22(29)20-21-18(15-7-5-4-6-8-15)13-26-23(28(21)14-27-20)25-12-16-11-17(30-2)9-10-19(16)24/h4-11,13-14H,3,12H2,1-2H3,(H,25,26). The van der Waals surface area contributed by atoms with Gasteiger partial charge in [-0.25, -0.2) is 19.2 Å². The molecule has 0 radical (unpaired) electrons. The first-order chi connectivity index (χ1) is 15.1. The summed E-state index contributed by atoms with van der Waals surface area (Å²) in [6, 6.07) is 14.1. The van der Waals surface area contributed by atoms with Crippen LogP contribution in [-0.2, 0) is 11.3 Å². The molecule has 0 fully saturated rings. The summed E-state index contributed by atoms with van der Waals surface area (Å²) in [5.41, 5.74) is 2.80. The lowest BCUT2D eigenvalue weighted by Crippen LogP contribution is -2.10. The Labute approximate surface area is 178 Å². The summed E-state index contributed by atoms with van der Waals surface area (Å²) in [6.07, 6.45) is 3.17. The van der Waals surface area contributed by atoms with E-state index in [1.54, 1.807) is 29.7 Å². The molecule has 2 aromatic heterocycles. The van der Waals surface area contributed by atoms with E-state index in [0.717, 1.165) is 11.1 Å². The Hall–Kier alpha value is -3.94. The summed E-state index contributed by atoms with van der Waals surface area (Å²) >= 11 is 0. The van der Waals surface area contributed by atoms with E-state index in [4.69, 9.17) is 9.47 Å². The van der Waals surface area contributed by atoms with Crippen LogP contribution >= 0.6 is 0 Å². The monoisotopic (exact) mass is 420 g/mol. The molecule has 0 saturated heterocycles. The molecule has 0 saturated carbocycles. The maximum atomic E-state index is 14.2. The summed E-state index contributed by atoms with van der Waals surface area (Å²) < 4.78 is 26.2. The Balaban J connectivity index is 1.76. The lowest BCUT2D eigenvalue weighted by Gasteiger charge is -2.13. The molecular weight excluding hydrogens is 399 g/mol. The number of benzene rings is 2. The molecule has 0 bridgehead atoms. The maximum Gasteiger partial charge on any atom is 0.359 e. The molecule has 0 spiro atoms. The Morgan fingerprint density at radius 1 is 1.16 bits per heavy atom. The molecule has 0 aliphatic carbocycles. The lowest BCUT2D eigenvalue weighted by atomic mass is 10.1. The van der Waals surface area contributed by atoms with Gasteiger partial charge in [0.25, 0.3) is 0 Å². The maximum absolute atomic E-state index is 14.2. The van der Waals surface area contributed by atoms with Gasteiger partial charge in [-0.2, -0.15) is 0 Å². The van der Waals surface area contributed by atoms with E-state index in [1.807, 2.05) is 30.3 Å². The van der Waals surface area contributed by atoms with E-state index in [1.165, 1.54) is 19.5 Å². The second kappa shape index (κ2) is 8.83. The number of nitrogens with one attached hydrogen (secondary N) is 1. The number of anilines is 1. The van der Waals surface area contributed by atoms with Crippen molar-refractivity contribution < 1.29 is 18.7 Å². The zero-order valence-corrected chi connectivity index (χ0v) is 17.1. The van der Waals surface area contributed by atoms with Crippen molar-refractivity contribution in [2.75, 3.05) is 19.0 Å². The first-order valence-electron chi connectivity index (χ1n) is 9.77. The average molecular weight is 420 g/mol. The van der Waals surface area contributed by atoms with Gasteiger partial charge in [-0.1, -0.05) is 30.3 Å². The van der Waals surface area contributed by atoms with Gasteiger partial charge in [-0.3, -0.25) is 4.40 Å². The zero-order valence-electron chi connectivity index (χ0n) is 17.1. The SMILES string of the molecule is CCOC(=O)c1ncn2c(NCc3cc(OC)ccc3F)ncc(-c3ccccc3)c12. The summed E-state index contributed by atoms with van der Waals surface area (Å²) in [4.78, 5) is 21.3. The van der Waals surface area contributed by atoms with Crippen molar-refractivity contribution in [2.45, 2.75) is 13.5 Å². The average Bonchev–Trinajstić information content (AvgIpc) is 3.25. The first-order valence-corrected chi connectivity index (χ1v) is 9.77. The van der Waals surface area contributed by atoms with Crippen LogP contribution < -0.4 is 10.1 Å². The molecule has 0 aliphatic rings. The second-order valence-electron chi connectivity index (χ2n) is 6.70. The number of hydrogen-bond donors (Lipinski definition) is 1. The fourth-order valence-corrected chi connectivity index (χ4v) is 3.31. The molecule has 0 aliphatic heterocycles. The third kappa shape index (κ3) is 4.05. The molecule has 0 unspecified atom stereocenters. The highest BCUT2D eigenvalue weighted by Crippen LogP contribution is 2.29. The number of hydrogen-bond acceptors (Lipinski definition) is 6. The van der Waals surface area contributed by atoms with Gasteiger partial charge in [0.1, 0.15) is 17.9 Å². The third-order valence-electron chi connectivity index (χ3n) is 4.81. The summed E-state index contributed by atoms with van der Waals surface area (Å²) in [5.74, 6) is 0.101. The topological polar surface area (TPSA) is 77.8 Å². The van der Waals surface area contributed by atoms with Gasteiger partial charge in [-0.15, -0.1) is 0 Å². The highest BCUT2D eigenvalue weighted by atomic mass is 19.1. The number of halogens is 1. The van der Waals surface area contributed by atoms with Crippen LogP contribution in [0.3, 0.4) is 0 Å². The number of esters is 1. The van der Waals surface area contributed by atoms with Gasteiger partial charge < -0.3 is 14.8 Å². The van der Waals surface area contributed by atoms with Crippen molar-refractivity contribution in [1.29, 1.82) is 0 Å². The van der Waals surface area contributed by atoms with Gasteiger partial charge in [0, 0.05) is 23.9 Å². The van der Waals surface area contributed by atoms with Gasteiger partial charge >= 0.3 is 5.97 Å². The van der Waals surface area contributed by atoms with Crippen LogP contribution in [0.1, 0.15) is 23.0 Å². The van der Waals surface area contributed by atoms with Crippen molar-refractivity contribution in [1.82, 2.24) is 14.4 Å². The Morgan fingerprint density at radius 3 is 2.71 bits per heavy atom. The van der Waals surface area contributed by atoms with Gasteiger partial charge in [-0.05, 0) is 30.7 Å². The minimum Gasteiger partial charge on any atom is -0.497 e. The largest absolute Gasteiger partial charge is 0.497 e. The fraction of sp³-hybridized carbons (Fsp3) is 0.174. The summed E-state index contributed by atoms with van der Waals surface area (Å²) in [5, 5.41) is 3.12. The smallest absolute Gasteiger partial charge is 0.359 e. The molecule has 2 aromatic carbocycles. The number of aromatic nitrogens is 3. The molecule has 158 valence electrons. The minimum atomic E-state index is -0.516. The first kappa shape index (κ1) is 20.3. The van der Waals surface area contributed by atoms with Crippen LogP contribution in [0.5, 0.6) is 5.75 Å². The molecule has 4 rings (SSSR count). The van der Waals surface area contributed by atoms with Crippen LogP contribution in [0, 0.1) is 5.82 Å². The van der Waals surface area contributed by atoms with E-state index in [0.29, 0.717) is 22.8 Å². The molecule has 4 aromatic rings. The van der Waals surface area contributed by atoms with E-state index in [2.05, 4.69) is 15.3 Å². The van der Waals surface area contributed by atoms with E-state index < -0.39 is 5.97 Å². The number of carbonyl (C=O) groups excluding carboxylic acids is 1. The van der Waals surface area contributed by atoms with Gasteiger partial charge in [0.05, 0.1) is 19.2 Å². The van der Waals surface area contributed by atoms with Crippen LogP contribution in [0.4, 0.5) is 10.3 Å². The molecular formula is C23H21FN4O3. The number of rotatable bonds is 7. The number of imidazole rings is 1. The minimum absolute atomic E-state index is 0.169. The highest BCUT2D eigenvalue weighted by Gasteiger charge is 2.21. The number of ether oxygens (including phenoxy) is 2. The summed E-state index contributed by atoms with van der Waals surface area (Å²) in [7, 11) is 1.53. The summed E-state index contributed by atoms with van der Waals surface area (Å²) in [6.45, 7) is 2.15. The Bertz CT molecular complexity index is 1220. The van der Waals surface area contributed by atoms with Crippen LogP contribution in [-0.4, -0.2) is 34.1 Å². The quantitative estimate of drug-likeness (QED) is 0.449. The van der Waals surface area contributed by atoms with Gasteiger partial charge in [0.2, 0.25) is 5.95 Å². The lowest BCUT2D eigenvalue weighted by molar-refractivity contribution is 0.0522.